The van der Waals surface area contributed by atoms with E-state index in [-0.39, 0.29) is 22.4 Å². The third-order valence-electron chi connectivity index (χ3n) is 4.25. The van der Waals surface area contributed by atoms with Crippen molar-refractivity contribution in [2.75, 3.05) is 31.8 Å². The van der Waals surface area contributed by atoms with Crippen molar-refractivity contribution in [2.24, 2.45) is 0 Å². The summed E-state index contributed by atoms with van der Waals surface area (Å²) in [4.78, 5) is 2.31. The second kappa shape index (κ2) is 7.77. The van der Waals surface area contributed by atoms with Gasteiger partial charge in [0.25, 0.3) is 4.84 Å². The maximum Gasteiger partial charge on any atom is 0.288 e. The highest BCUT2D eigenvalue weighted by Crippen LogP contribution is 2.20. The molecule has 1 saturated heterocycles. The first-order valence-electron chi connectivity index (χ1n) is 8.05. The maximum atomic E-state index is 11.8. The Hall–Kier alpha value is -1.55. The Balaban J connectivity index is 1.80. The highest BCUT2D eigenvalue weighted by Gasteiger charge is 2.32. The van der Waals surface area contributed by atoms with Gasteiger partial charge in [-0.15, -0.1) is 5.10 Å². The summed E-state index contributed by atoms with van der Waals surface area (Å²) >= 11 is 5.28. The van der Waals surface area contributed by atoms with Crippen molar-refractivity contribution in [3.63, 3.8) is 0 Å². The van der Waals surface area contributed by atoms with Crippen LogP contribution in [0.15, 0.2) is 34.7 Å². The molecule has 0 bridgehead atoms. The fourth-order valence-electron chi connectivity index (χ4n) is 2.91. The van der Waals surface area contributed by atoms with E-state index < -0.39 is 9.84 Å². The number of methoxy groups -OCH3 is 1. The lowest BCUT2D eigenvalue weighted by Gasteiger charge is -2.27. The van der Waals surface area contributed by atoms with Crippen molar-refractivity contribution in [3.05, 3.63) is 35.2 Å². The van der Waals surface area contributed by atoms with Crippen LogP contribution in [0.2, 0.25) is 0 Å². The number of ether oxygens (including phenoxy) is 1. The Labute approximate surface area is 152 Å². The minimum Gasteiger partial charge on any atom is -0.409 e. The molecular weight excluding hydrogens is 362 g/mol. The molecule has 0 spiro atoms. The van der Waals surface area contributed by atoms with Crippen LogP contribution in [0.25, 0.3) is 11.5 Å². The Kier molecular flexibility index (Phi) is 5.67. The Bertz CT molecular complexity index is 861. The van der Waals surface area contributed by atoms with Gasteiger partial charge in [-0.05, 0) is 30.8 Å². The van der Waals surface area contributed by atoms with Gasteiger partial charge in [-0.25, -0.2) is 13.1 Å². The van der Waals surface area contributed by atoms with Crippen molar-refractivity contribution < 1.29 is 17.6 Å². The van der Waals surface area contributed by atoms with E-state index in [0.717, 1.165) is 5.56 Å². The highest BCUT2D eigenvalue weighted by molar-refractivity contribution is 7.91. The summed E-state index contributed by atoms with van der Waals surface area (Å²) in [6.07, 6.45) is 0.614. The molecule has 9 heteroatoms. The van der Waals surface area contributed by atoms with Gasteiger partial charge in [0, 0.05) is 25.3 Å². The predicted octanol–water partition coefficient (Wildman–Crippen LogP) is 1.97. The molecule has 1 aliphatic rings. The molecule has 7 nitrogen and oxygen atoms in total. The molecule has 1 aliphatic heterocycles. The van der Waals surface area contributed by atoms with Gasteiger partial charge in [0.15, 0.2) is 9.84 Å². The molecule has 0 unspecified atom stereocenters. The van der Waals surface area contributed by atoms with Crippen molar-refractivity contribution in [3.8, 4) is 11.5 Å². The van der Waals surface area contributed by atoms with Crippen LogP contribution in [0.4, 0.5) is 0 Å². The molecule has 2 heterocycles. The summed E-state index contributed by atoms with van der Waals surface area (Å²) in [6.45, 7) is 1.48. The molecule has 3 rings (SSSR count). The Morgan fingerprint density at radius 3 is 2.80 bits per heavy atom. The monoisotopic (exact) mass is 383 g/mol. The lowest BCUT2D eigenvalue weighted by Crippen LogP contribution is -2.40. The number of rotatable bonds is 7. The van der Waals surface area contributed by atoms with Gasteiger partial charge < -0.3 is 9.15 Å². The van der Waals surface area contributed by atoms with E-state index in [9.17, 15) is 8.42 Å². The zero-order chi connectivity index (χ0) is 17.9. The topological polar surface area (TPSA) is 77.6 Å². The predicted molar refractivity (Wildman–Crippen MR) is 96.4 cm³/mol. The summed E-state index contributed by atoms with van der Waals surface area (Å²) in [5.41, 5.74) is 0.847. The van der Waals surface area contributed by atoms with Gasteiger partial charge in [-0.2, -0.15) is 0 Å². The van der Waals surface area contributed by atoms with E-state index in [1.165, 1.54) is 0 Å². The van der Waals surface area contributed by atoms with Crippen LogP contribution >= 0.6 is 12.2 Å². The van der Waals surface area contributed by atoms with Crippen molar-refractivity contribution >= 4 is 22.1 Å². The summed E-state index contributed by atoms with van der Waals surface area (Å²) in [5, 5.41) is 4.45. The first kappa shape index (κ1) is 18.2. The number of aromatic nitrogens is 2. The average Bonchev–Trinajstić information content (AvgIpc) is 3.14. The van der Waals surface area contributed by atoms with Crippen LogP contribution in [-0.2, 0) is 21.2 Å². The number of hydrogen-bond donors (Lipinski definition) is 0. The summed E-state index contributed by atoms with van der Waals surface area (Å²) in [6, 6.07) is 9.47. The highest BCUT2D eigenvalue weighted by atomic mass is 32.2. The lowest BCUT2D eigenvalue weighted by molar-refractivity contribution is 0.0973. The molecule has 0 amide bonds. The quantitative estimate of drug-likeness (QED) is 0.677. The van der Waals surface area contributed by atoms with E-state index in [0.29, 0.717) is 32.1 Å². The number of nitrogens with zero attached hydrogens (tertiary/aromatic N) is 3. The molecule has 1 aromatic heterocycles. The van der Waals surface area contributed by atoms with Gasteiger partial charge in [0.05, 0.1) is 24.8 Å². The molecule has 2 aromatic rings. The summed E-state index contributed by atoms with van der Waals surface area (Å²) in [5.74, 6) is 0.838. The van der Waals surface area contributed by atoms with Crippen LogP contribution in [0.1, 0.15) is 6.42 Å². The molecule has 1 fully saturated rings. The Morgan fingerprint density at radius 2 is 2.16 bits per heavy atom. The number of sulfone groups is 1. The fourth-order valence-corrected chi connectivity index (χ4v) is 4.84. The van der Waals surface area contributed by atoms with Crippen LogP contribution in [0.3, 0.4) is 0 Å². The second-order valence-corrected chi connectivity index (χ2v) is 8.62. The molecule has 0 radical (unpaired) electrons. The van der Waals surface area contributed by atoms with Crippen LogP contribution in [-0.4, -0.2) is 60.9 Å². The zero-order valence-electron chi connectivity index (χ0n) is 14.0. The average molecular weight is 383 g/mol. The van der Waals surface area contributed by atoms with Crippen molar-refractivity contribution in [1.29, 1.82) is 0 Å². The van der Waals surface area contributed by atoms with Crippen LogP contribution in [0.5, 0.6) is 0 Å². The molecule has 0 N–H and O–H groups in total. The van der Waals surface area contributed by atoms with E-state index >= 15 is 0 Å². The minimum atomic E-state index is -2.97. The lowest BCUT2D eigenvalue weighted by atomic mass is 10.2. The first-order chi connectivity index (χ1) is 12.0. The standard InChI is InChI=1S/C16H21N3O4S2/c1-22-9-8-18(14-7-10-25(20,21)11-14)12-19-16(24)23-15(17-19)13-5-3-2-4-6-13/h2-6,14H,7-12H2,1H3/t14-/m0/s1. The van der Waals surface area contributed by atoms with E-state index in [4.69, 9.17) is 21.4 Å². The third kappa shape index (κ3) is 4.55. The molecule has 1 aromatic carbocycles. The van der Waals surface area contributed by atoms with Crippen LogP contribution in [0, 0.1) is 4.84 Å². The zero-order valence-corrected chi connectivity index (χ0v) is 15.6. The number of hydrogen-bond acceptors (Lipinski definition) is 7. The van der Waals surface area contributed by atoms with E-state index in [1.54, 1.807) is 11.8 Å². The maximum absolute atomic E-state index is 11.8. The van der Waals surface area contributed by atoms with Gasteiger partial charge >= 0.3 is 0 Å². The van der Waals surface area contributed by atoms with E-state index in [1.807, 2.05) is 35.2 Å². The molecule has 1 atom stereocenters. The molecule has 136 valence electrons. The molecule has 0 aliphatic carbocycles. The minimum absolute atomic E-state index is 0.0566. The fraction of sp³-hybridized carbons (Fsp3) is 0.500. The smallest absolute Gasteiger partial charge is 0.288 e. The summed E-state index contributed by atoms with van der Waals surface area (Å²) in [7, 11) is -1.34. The largest absolute Gasteiger partial charge is 0.409 e. The molecular formula is C16H21N3O4S2. The molecule has 0 saturated carbocycles. The van der Waals surface area contributed by atoms with Gasteiger partial charge in [0.1, 0.15) is 0 Å². The van der Waals surface area contributed by atoms with Crippen LogP contribution < -0.4 is 0 Å². The Morgan fingerprint density at radius 1 is 1.40 bits per heavy atom. The normalized spacial score (nSPS) is 19.5. The SMILES string of the molecule is COCCN(Cn1nc(-c2ccccc2)oc1=S)[C@H]1CCS(=O)(=O)C1. The number of benzene rings is 1. The van der Waals surface area contributed by atoms with Crippen molar-refractivity contribution in [1.82, 2.24) is 14.7 Å². The third-order valence-corrected chi connectivity index (χ3v) is 6.29. The summed E-state index contributed by atoms with van der Waals surface area (Å²) < 4.78 is 36.0. The van der Waals surface area contributed by atoms with Gasteiger partial charge in [-0.1, -0.05) is 18.2 Å². The van der Waals surface area contributed by atoms with Gasteiger partial charge in [-0.3, -0.25) is 4.90 Å². The van der Waals surface area contributed by atoms with Crippen molar-refractivity contribution in [2.45, 2.75) is 19.1 Å². The molecule has 25 heavy (non-hydrogen) atoms. The first-order valence-corrected chi connectivity index (χ1v) is 10.3. The van der Waals surface area contributed by atoms with Gasteiger partial charge in [0.2, 0.25) is 5.89 Å². The van der Waals surface area contributed by atoms with E-state index in [2.05, 4.69) is 5.10 Å². The second-order valence-electron chi connectivity index (χ2n) is 6.04.